The normalized spacial score (nSPS) is 15.3. The first kappa shape index (κ1) is 10.2. The standard InChI is InChI=1S/C11H12ClN3S/c12-10-4-3-9(16-10)7-14-11-13-5-6-15(11)8-1-2-8/h3-6,8H,1-2,7H2,(H,13,14). The highest BCUT2D eigenvalue weighted by Crippen LogP contribution is 2.36. The van der Waals surface area contributed by atoms with Crippen molar-refractivity contribution in [3.63, 3.8) is 0 Å². The van der Waals surface area contributed by atoms with Crippen LogP contribution in [-0.2, 0) is 6.54 Å². The van der Waals surface area contributed by atoms with E-state index in [1.165, 1.54) is 17.7 Å². The monoisotopic (exact) mass is 253 g/mol. The first-order valence-electron chi connectivity index (χ1n) is 5.34. The molecule has 5 heteroatoms. The topological polar surface area (TPSA) is 29.9 Å². The fraction of sp³-hybridized carbons (Fsp3) is 0.364. The van der Waals surface area contributed by atoms with Gasteiger partial charge in [-0.1, -0.05) is 11.6 Å². The molecule has 0 radical (unpaired) electrons. The van der Waals surface area contributed by atoms with Crippen LogP contribution in [0, 0.1) is 0 Å². The van der Waals surface area contributed by atoms with Crippen molar-refractivity contribution in [3.8, 4) is 0 Å². The molecule has 0 amide bonds. The van der Waals surface area contributed by atoms with Gasteiger partial charge in [0.1, 0.15) is 0 Å². The quantitative estimate of drug-likeness (QED) is 0.903. The van der Waals surface area contributed by atoms with Gasteiger partial charge in [-0.2, -0.15) is 0 Å². The van der Waals surface area contributed by atoms with Gasteiger partial charge in [0, 0.05) is 23.3 Å². The van der Waals surface area contributed by atoms with E-state index in [1.54, 1.807) is 11.3 Å². The Bertz CT molecular complexity index is 487. The Morgan fingerprint density at radius 1 is 1.50 bits per heavy atom. The van der Waals surface area contributed by atoms with Gasteiger partial charge in [-0.25, -0.2) is 4.98 Å². The number of thiophene rings is 1. The van der Waals surface area contributed by atoms with E-state index in [2.05, 4.69) is 14.9 Å². The largest absolute Gasteiger partial charge is 0.351 e. The zero-order valence-corrected chi connectivity index (χ0v) is 10.3. The second-order valence-electron chi connectivity index (χ2n) is 3.95. The molecular weight excluding hydrogens is 242 g/mol. The first-order chi connectivity index (χ1) is 7.83. The number of anilines is 1. The molecule has 1 saturated carbocycles. The number of hydrogen-bond donors (Lipinski definition) is 1. The van der Waals surface area contributed by atoms with Crippen LogP contribution in [0.25, 0.3) is 0 Å². The van der Waals surface area contributed by atoms with Gasteiger partial charge in [0.2, 0.25) is 5.95 Å². The fourth-order valence-corrected chi connectivity index (χ4v) is 2.74. The third-order valence-electron chi connectivity index (χ3n) is 2.66. The SMILES string of the molecule is Clc1ccc(CNc2nccn2C2CC2)s1. The molecule has 2 aromatic heterocycles. The molecule has 0 unspecified atom stereocenters. The maximum absolute atomic E-state index is 5.88. The van der Waals surface area contributed by atoms with Crippen LogP contribution < -0.4 is 5.32 Å². The summed E-state index contributed by atoms with van der Waals surface area (Å²) in [5, 5.41) is 3.35. The van der Waals surface area contributed by atoms with Crippen LogP contribution in [0.5, 0.6) is 0 Å². The third kappa shape index (κ3) is 2.08. The van der Waals surface area contributed by atoms with Gasteiger partial charge in [0.05, 0.1) is 10.9 Å². The molecule has 0 spiro atoms. The molecular formula is C11H12ClN3S. The second-order valence-corrected chi connectivity index (χ2v) is 5.75. The number of nitrogens with one attached hydrogen (secondary N) is 1. The predicted octanol–water partition coefficient (Wildman–Crippen LogP) is 3.55. The minimum absolute atomic E-state index is 0.664. The summed E-state index contributed by atoms with van der Waals surface area (Å²) in [5.41, 5.74) is 0. The van der Waals surface area contributed by atoms with Crippen molar-refractivity contribution < 1.29 is 0 Å². The van der Waals surface area contributed by atoms with Gasteiger partial charge >= 0.3 is 0 Å². The van der Waals surface area contributed by atoms with E-state index in [-0.39, 0.29) is 0 Å². The van der Waals surface area contributed by atoms with Crippen molar-refractivity contribution in [2.75, 3.05) is 5.32 Å². The molecule has 2 heterocycles. The third-order valence-corrected chi connectivity index (χ3v) is 3.89. The fourth-order valence-electron chi connectivity index (χ4n) is 1.71. The molecule has 0 bridgehead atoms. The van der Waals surface area contributed by atoms with Gasteiger partial charge in [0.25, 0.3) is 0 Å². The Labute approximate surface area is 103 Å². The molecule has 2 aromatic rings. The molecule has 1 aliphatic carbocycles. The molecule has 0 saturated heterocycles. The minimum atomic E-state index is 0.664. The van der Waals surface area contributed by atoms with Crippen molar-refractivity contribution in [2.45, 2.75) is 25.4 Å². The van der Waals surface area contributed by atoms with Crippen LogP contribution in [0.1, 0.15) is 23.8 Å². The highest BCUT2D eigenvalue weighted by atomic mass is 35.5. The highest BCUT2D eigenvalue weighted by molar-refractivity contribution is 7.16. The van der Waals surface area contributed by atoms with Gasteiger partial charge in [-0.05, 0) is 25.0 Å². The van der Waals surface area contributed by atoms with Crippen LogP contribution in [0.3, 0.4) is 0 Å². The van der Waals surface area contributed by atoms with Crippen molar-refractivity contribution in [1.82, 2.24) is 9.55 Å². The van der Waals surface area contributed by atoms with Crippen LogP contribution in [0.15, 0.2) is 24.5 Å². The summed E-state index contributed by atoms with van der Waals surface area (Å²) < 4.78 is 3.05. The van der Waals surface area contributed by atoms with Gasteiger partial charge in [-0.3, -0.25) is 0 Å². The summed E-state index contributed by atoms with van der Waals surface area (Å²) in [4.78, 5) is 5.55. The van der Waals surface area contributed by atoms with E-state index in [4.69, 9.17) is 11.6 Å². The Kier molecular flexibility index (Phi) is 2.61. The molecule has 0 aliphatic heterocycles. The van der Waals surface area contributed by atoms with E-state index in [0.29, 0.717) is 6.04 Å². The summed E-state index contributed by atoms with van der Waals surface area (Å²) in [5.74, 6) is 0.965. The maximum atomic E-state index is 5.88. The lowest BCUT2D eigenvalue weighted by Gasteiger charge is -2.07. The van der Waals surface area contributed by atoms with Crippen molar-refractivity contribution >= 4 is 28.9 Å². The van der Waals surface area contributed by atoms with Gasteiger partial charge in [0.15, 0.2) is 0 Å². The lowest BCUT2D eigenvalue weighted by molar-refractivity contribution is 0.744. The van der Waals surface area contributed by atoms with Crippen molar-refractivity contribution in [1.29, 1.82) is 0 Å². The van der Waals surface area contributed by atoms with Crippen LogP contribution in [0.4, 0.5) is 5.95 Å². The molecule has 0 atom stereocenters. The van der Waals surface area contributed by atoms with E-state index in [9.17, 15) is 0 Å². The van der Waals surface area contributed by atoms with E-state index in [0.717, 1.165) is 16.8 Å². The first-order valence-corrected chi connectivity index (χ1v) is 6.53. The second kappa shape index (κ2) is 4.11. The minimum Gasteiger partial charge on any atom is -0.351 e. The zero-order valence-electron chi connectivity index (χ0n) is 8.69. The summed E-state index contributed by atoms with van der Waals surface area (Å²) in [7, 11) is 0. The van der Waals surface area contributed by atoms with Crippen LogP contribution in [0.2, 0.25) is 4.34 Å². The lowest BCUT2D eigenvalue weighted by Crippen LogP contribution is -2.05. The zero-order chi connectivity index (χ0) is 11.0. The van der Waals surface area contributed by atoms with Crippen molar-refractivity contribution in [3.05, 3.63) is 33.7 Å². The van der Waals surface area contributed by atoms with Crippen LogP contribution >= 0.6 is 22.9 Å². The van der Waals surface area contributed by atoms with E-state index < -0.39 is 0 Å². The average molecular weight is 254 g/mol. The summed E-state index contributed by atoms with van der Waals surface area (Å²) in [6, 6.07) is 4.64. The molecule has 84 valence electrons. The van der Waals surface area contributed by atoms with Crippen molar-refractivity contribution in [2.24, 2.45) is 0 Å². The molecule has 1 N–H and O–H groups in total. The average Bonchev–Trinajstić information content (AvgIpc) is 2.86. The highest BCUT2D eigenvalue weighted by Gasteiger charge is 2.25. The molecule has 16 heavy (non-hydrogen) atoms. The molecule has 3 rings (SSSR count). The summed E-state index contributed by atoms with van der Waals surface area (Å²) >= 11 is 7.49. The van der Waals surface area contributed by atoms with Gasteiger partial charge in [-0.15, -0.1) is 11.3 Å². The number of hydrogen-bond acceptors (Lipinski definition) is 3. The number of rotatable bonds is 4. The summed E-state index contributed by atoms with van der Waals surface area (Å²) in [6.45, 7) is 0.793. The number of nitrogens with zero attached hydrogens (tertiary/aromatic N) is 2. The summed E-state index contributed by atoms with van der Waals surface area (Å²) in [6.07, 6.45) is 6.44. The number of aromatic nitrogens is 2. The number of halogens is 1. The van der Waals surface area contributed by atoms with Crippen LogP contribution in [-0.4, -0.2) is 9.55 Å². The lowest BCUT2D eigenvalue weighted by atomic mass is 10.5. The molecule has 3 nitrogen and oxygen atoms in total. The van der Waals surface area contributed by atoms with E-state index in [1.807, 2.05) is 24.5 Å². The smallest absolute Gasteiger partial charge is 0.203 e. The molecule has 1 aliphatic rings. The van der Waals surface area contributed by atoms with E-state index >= 15 is 0 Å². The molecule has 0 aromatic carbocycles. The predicted molar refractivity (Wildman–Crippen MR) is 67.2 cm³/mol. The van der Waals surface area contributed by atoms with Gasteiger partial charge < -0.3 is 9.88 Å². The maximum Gasteiger partial charge on any atom is 0.203 e. The number of imidazole rings is 1. The Morgan fingerprint density at radius 2 is 2.38 bits per heavy atom. The Morgan fingerprint density at radius 3 is 3.06 bits per heavy atom. The molecule has 1 fully saturated rings. The Balaban J connectivity index is 1.67. The Hall–Kier alpha value is -1.00.